The van der Waals surface area contributed by atoms with Gasteiger partial charge in [-0.3, -0.25) is 4.79 Å². The van der Waals surface area contributed by atoms with Crippen LogP contribution in [-0.2, 0) is 4.79 Å². The van der Waals surface area contributed by atoms with Gasteiger partial charge in [-0.05, 0) is 31.9 Å². The van der Waals surface area contributed by atoms with Gasteiger partial charge in [0, 0.05) is 11.3 Å². The summed E-state index contributed by atoms with van der Waals surface area (Å²) in [5.74, 6) is 0.0466. The molecule has 0 aliphatic heterocycles. The van der Waals surface area contributed by atoms with Crippen LogP contribution in [0, 0.1) is 0 Å². The molecule has 0 saturated heterocycles. The molecule has 2 rings (SSSR count). The van der Waals surface area contributed by atoms with E-state index in [0.29, 0.717) is 17.7 Å². The minimum Gasteiger partial charge on any atom is -0.389 e. The maximum absolute atomic E-state index is 12.1. The standard InChI is InChI=1S/C14H25NO2S/c1-18-12-7-3-2-6-11(12)15-13(16)10-14(17)8-4-5-9-14/h11-12,17H,2-10H2,1H3,(H,15,16)/t11-,12-/m0/s1. The Morgan fingerprint density at radius 2 is 1.94 bits per heavy atom. The van der Waals surface area contributed by atoms with Gasteiger partial charge in [0.1, 0.15) is 0 Å². The average molecular weight is 271 g/mol. The summed E-state index contributed by atoms with van der Waals surface area (Å²) in [6.45, 7) is 0. The van der Waals surface area contributed by atoms with E-state index in [9.17, 15) is 9.90 Å². The van der Waals surface area contributed by atoms with Gasteiger partial charge in [-0.2, -0.15) is 11.8 Å². The van der Waals surface area contributed by atoms with Crippen LogP contribution in [0.4, 0.5) is 0 Å². The van der Waals surface area contributed by atoms with Crippen LogP contribution in [0.25, 0.3) is 0 Å². The number of aliphatic hydroxyl groups is 1. The number of carbonyl (C=O) groups is 1. The number of hydrogen-bond donors (Lipinski definition) is 2. The van der Waals surface area contributed by atoms with Crippen LogP contribution in [0.3, 0.4) is 0 Å². The van der Waals surface area contributed by atoms with E-state index in [4.69, 9.17) is 0 Å². The van der Waals surface area contributed by atoms with Crippen molar-refractivity contribution in [1.29, 1.82) is 0 Å². The Morgan fingerprint density at radius 1 is 1.28 bits per heavy atom. The predicted molar refractivity (Wildman–Crippen MR) is 75.7 cm³/mol. The molecular formula is C14H25NO2S. The highest BCUT2D eigenvalue weighted by Crippen LogP contribution is 2.33. The van der Waals surface area contributed by atoms with E-state index in [-0.39, 0.29) is 5.91 Å². The molecule has 2 aliphatic rings. The molecule has 4 heteroatoms. The monoisotopic (exact) mass is 271 g/mol. The minimum absolute atomic E-state index is 0.0466. The fourth-order valence-electron chi connectivity index (χ4n) is 3.31. The second-order valence-electron chi connectivity index (χ2n) is 5.84. The average Bonchev–Trinajstić information content (AvgIpc) is 2.76. The van der Waals surface area contributed by atoms with Crippen molar-refractivity contribution in [2.45, 2.75) is 74.7 Å². The highest BCUT2D eigenvalue weighted by molar-refractivity contribution is 7.99. The Bertz CT molecular complexity index is 290. The molecule has 0 bridgehead atoms. The van der Waals surface area contributed by atoms with Crippen molar-refractivity contribution < 1.29 is 9.90 Å². The zero-order chi connectivity index (χ0) is 13.0. The van der Waals surface area contributed by atoms with E-state index in [0.717, 1.165) is 32.1 Å². The Kier molecular flexibility index (Phi) is 4.96. The highest BCUT2D eigenvalue weighted by atomic mass is 32.2. The van der Waals surface area contributed by atoms with Crippen LogP contribution in [-0.4, -0.2) is 34.2 Å². The quantitative estimate of drug-likeness (QED) is 0.826. The molecule has 2 atom stereocenters. The van der Waals surface area contributed by atoms with Gasteiger partial charge in [0.15, 0.2) is 0 Å². The molecule has 0 heterocycles. The molecule has 1 amide bonds. The lowest BCUT2D eigenvalue weighted by Crippen LogP contribution is -2.46. The van der Waals surface area contributed by atoms with Crippen LogP contribution in [0.2, 0.25) is 0 Å². The largest absolute Gasteiger partial charge is 0.389 e. The van der Waals surface area contributed by atoms with Gasteiger partial charge in [0.05, 0.1) is 12.0 Å². The Balaban J connectivity index is 1.82. The van der Waals surface area contributed by atoms with Crippen molar-refractivity contribution >= 4 is 17.7 Å². The smallest absolute Gasteiger partial charge is 0.223 e. The SMILES string of the molecule is CS[C@H]1CCCC[C@@H]1NC(=O)CC1(O)CCCC1. The minimum atomic E-state index is -0.715. The van der Waals surface area contributed by atoms with E-state index >= 15 is 0 Å². The van der Waals surface area contributed by atoms with Crippen LogP contribution in [0.1, 0.15) is 57.8 Å². The first-order valence-corrected chi connectivity index (χ1v) is 8.46. The number of hydrogen-bond acceptors (Lipinski definition) is 3. The van der Waals surface area contributed by atoms with E-state index in [1.165, 1.54) is 19.3 Å². The van der Waals surface area contributed by atoms with Gasteiger partial charge >= 0.3 is 0 Å². The lowest BCUT2D eigenvalue weighted by atomic mass is 9.93. The van der Waals surface area contributed by atoms with Gasteiger partial charge in [0.25, 0.3) is 0 Å². The third-order valence-electron chi connectivity index (χ3n) is 4.38. The second kappa shape index (κ2) is 6.29. The summed E-state index contributed by atoms with van der Waals surface area (Å²) in [6, 6.07) is 0.311. The fraction of sp³-hybridized carbons (Fsp3) is 0.929. The first kappa shape index (κ1) is 14.2. The molecule has 0 aromatic carbocycles. The number of rotatable bonds is 4. The number of carbonyl (C=O) groups excluding carboxylic acids is 1. The molecule has 0 aromatic rings. The lowest BCUT2D eigenvalue weighted by molar-refractivity contribution is -0.126. The van der Waals surface area contributed by atoms with Gasteiger partial charge in [-0.15, -0.1) is 0 Å². The first-order valence-electron chi connectivity index (χ1n) is 7.17. The molecule has 2 aliphatic carbocycles. The van der Waals surface area contributed by atoms with Gasteiger partial charge < -0.3 is 10.4 Å². The number of thioether (sulfide) groups is 1. The van der Waals surface area contributed by atoms with Crippen LogP contribution < -0.4 is 5.32 Å². The van der Waals surface area contributed by atoms with Crippen molar-refractivity contribution in [3.05, 3.63) is 0 Å². The molecule has 0 unspecified atom stereocenters. The summed E-state index contributed by atoms with van der Waals surface area (Å²) in [7, 11) is 0. The van der Waals surface area contributed by atoms with Crippen LogP contribution >= 0.6 is 11.8 Å². The molecule has 2 saturated carbocycles. The third-order valence-corrected chi connectivity index (χ3v) is 5.55. The highest BCUT2D eigenvalue weighted by Gasteiger charge is 2.34. The Hall–Kier alpha value is -0.220. The zero-order valence-corrected chi connectivity index (χ0v) is 12.1. The zero-order valence-electron chi connectivity index (χ0n) is 11.3. The molecule has 0 radical (unpaired) electrons. The van der Waals surface area contributed by atoms with Crippen molar-refractivity contribution in [2.75, 3.05) is 6.26 Å². The topological polar surface area (TPSA) is 49.3 Å². The Labute approximate surface area is 114 Å². The Morgan fingerprint density at radius 3 is 2.61 bits per heavy atom. The summed E-state index contributed by atoms with van der Waals surface area (Å²) in [5, 5.41) is 14.0. The van der Waals surface area contributed by atoms with E-state index in [2.05, 4.69) is 11.6 Å². The van der Waals surface area contributed by atoms with Crippen LogP contribution in [0.15, 0.2) is 0 Å². The number of nitrogens with one attached hydrogen (secondary N) is 1. The number of amides is 1. The molecule has 0 aromatic heterocycles. The molecule has 2 N–H and O–H groups in total. The lowest BCUT2D eigenvalue weighted by Gasteiger charge is -2.32. The summed E-state index contributed by atoms with van der Waals surface area (Å²) in [4.78, 5) is 12.1. The molecular weight excluding hydrogens is 246 g/mol. The van der Waals surface area contributed by atoms with E-state index in [1.54, 1.807) is 0 Å². The van der Waals surface area contributed by atoms with Crippen molar-refractivity contribution in [1.82, 2.24) is 5.32 Å². The molecule has 18 heavy (non-hydrogen) atoms. The van der Waals surface area contributed by atoms with Crippen molar-refractivity contribution in [3.63, 3.8) is 0 Å². The van der Waals surface area contributed by atoms with E-state index < -0.39 is 5.60 Å². The van der Waals surface area contributed by atoms with Gasteiger partial charge in [-0.25, -0.2) is 0 Å². The van der Waals surface area contributed by atoms with Crippen molar-refractivity contribution in [3.8, 4) is 0 Å². The molecule has 104 valence electrons. The fourth-order valence-corrected chi connectivity index (χ4v) is 4.25. The molecule has 2 fully saturated rings. The maximum Gasteiger partial charge on any atom is 0.223 e. The van der Waals surface area contributed by atoms with E-state index in [1.807, 2.05) is 11.8 Å². The maximum atomic E-state index is 12.1. The summed E-state index contributed by atoms with van der Waals surface area (Å²) in [6.07, 6.45) is 10.9. The normalized spacial score (nSPS) is 31.2. The second-order valence-corrected chi connectivity index (χ2v) is 6.92. The van der Waals surface area contributed by atoms with Gasteiger partial charge in [0.2, 0.25) is 5.91 Å². The molecule has 3 nitrogen and oxygen atoms in total. The summed E-state index contributed by atoms with van der Waals surface area (Å²) >= 11 is 1.86. The van der Waals surface area contributed by atoms with Crippen LogP contribution in [0.5, 0.6) is 0 Å². The predicted octanol–water partition coefficient (Wildman–Crippen LogP) is 2.47. The van der Waals surface area contributed by atoms with Crippen molar-refractivity contribution in [2.24, 2.45) is 0 Å². The third kappa shape index (κ3) is 3.64. The first-order chi connectivity index (χ1) is 8.63. The van der Waals surface area contributed by atoms with Gasteiger partial charge in [-0.1, -0.05) is 25.7 Å². The summed E-state index contributed by atoms with van der Waals surface area (Å²) < 4.78 is 0. The molecule has 0 spiro atoms. The summed E-state index contributed by atoms with van der Waals surface area (Å²) in [5.41, 5.74) is -0.715.